The number of rotatable bonds is 2. The lowest BCUT2D eigenvalue weighted by Crippen LogP contribution is -2.29. The van der Waals surface area contributed by atoms with Crippen molar-refractivity contribution in [3.05, 3.63) is 35.4 Å². The second-order valence-corrected chi connectivity index (χ2v) is 3.58. The highest BCUT2D eigenvalue weighted by Gasteiger charge is 2.25. The molecular formula is C12H14NO. The average Bonchev–Trinajstić information content (AvgIpc) is 2.27. The van der Waals surface area contributed by atoms with Crippen LogP contribution >= 0.6 is 0 Å². The summed E-state index contributed by atoms with van der Waals surface area (Å²) in [5.41, 5.74) is 2.40. The van der Waals surface area contributed by atoms with Crippen LogP contribution in [0, 0.1) is 0 Å². The van der Waals surface area contributed by atoms with Crippen molar-refractivity contribution >= 4 is 5.78 Å². The first kappa shape index (κ1) is 9.41. The van der Waals surface area contributed by atoms with Gasteiger partial charge in [0.25, 0.3) is 0 Å². The van der Waals surface area contributed by atoms with E-state index in [-0.39, 0.29) is 11.8 Å². The quantitative estimate of drug-likeness (QED) is 0.697. The lowest BCUT2D eigenvalue weighted by atomic mass is 9.91. The first-order valence-electron chi connectivity index (χ1n) is 5.10. The number of nitrogens with zero attached hydrogens (tertiary/aromatic N) is 1. The van der Waals surface area contributed by atoms with E-state index in [1.807, 2.05) is 25.1 Å². The third-order valence-corrected chi connectivity index (χ3v) is 2.70. The molecule has 1 aromatic rings. The van der Waals surface area contributed by atoms with E-state index >= 15 is 0 Å². The number of carbonyl (C=O) groups is 1. The smallest absolute Gasteiger partial charge is 0.155 e. The van der Waals surface area contributed by atoms with Crippen molar-refractivity contribution in [1.82, 2.24) is 5.32 Å². The fraction of sp³-hybridized carbons (Fsp3) is 0.417. The molecule has 2 nitrogen and oxygen atoms in total. The molecule has 0 fully saturated rings. The van der Waals surface area contributed by atoms with Crippen molar-refractivity contribution in [2.45, 2.75) is 25.8 Å². The molecule has 1 radical (unpaired) electrons. The second kappa shape index (κ2) is 3.93. The molecule has 1 unspecified atom stereocenters. The van der Waals surface area contributed by atoms with Gasteiger partial charge in [0.1, 0.15) is 6.04 Å². The molecule has 0 amide bonds. The number of ketones is 1. The maximum Gasteiger partial charge on any atom is 0.155 e. The summed E-state index contributed by atoms with van der Waals surface area (Å²) < 4.78 is 0. The van der Waals surface area contributed by atoms with Gasteiger partial charge in [-0.2, -0.15) is 0 Å². The Morgan fingerprint density at radius 1 is 1.50 bits per heavy atom. The molecule has 1 aromatic carbocycles. The van der Waals surface area contributed by atoms with Gasteiger partial charge in [0.2, 0.25) is 0 Å². The molecule has 0 saturated carbocycles. The van der Waals surface area contributed by atoms with Crippen molar-refractivity contribution < 1.29 is 4.79 Å². The van der Waals surface area contributed by atoms with Crippen LogP contribution < -0.4 is 5.32 Å². The van der Waals surface area contributed by atoms with Gasteiger partial charge in [-0.25, -0.2) is 5.32 Å². The first-order valence-corrected chi connectivity index (χ1v) is 5.10. The van der Waals surface area contributed by atoms with E-state index in [1.165, 1.54) is 5.56 Å². The molecule has 2 heteroatoms. The van der Waals surface area contributed by atoms with E-state index in [9.17, 15) is 4.79 Å². The van der Waals surface area contributed by atoms with Crippen LogP contribution in [0.3, 0.4) is 0 Å². The number of hydrogen-bond acceptors (Lipinski definition) is 1. The van der Waals surface area contributed by atoms with E-state index in [0.29, 0.717) is 6.42 Å². The Morgan fingerprint density at radius 3 is 3.07 bits per heavy atom. The molecule has 0 saturated heterocycles. The van der Waals surface area contributed by atoms with Gasteiger partial charge in [0.05, 0.1) is 0 Å². The number of benzene rings is 1. The number of fused-ring (bicyclic) bond motifs is 1. The Balaban J connectivity index is 2.35. The summed E-state index contributed by atoms with van der Waals surface area (Å²) in [7, 11) is 0. The molecule has 73 valence electrons. The molecule has 1 aliphatic heterocycles. The summed E-state index contributed by atoms with van der Waals surface area (Å²) in [5.74, 6) is 0.233. The molecule has 1 heterocycles. The van der Waals surface area contributed by atoms with Gasteiger partial charge < -0.3 is 0 Å². The van der Waals surface area contributed by atoms with E-state index in [0.717, 1.165) is 18.5 Å². The van der Waals surface area contributed by atoms with Crippen LogP contribution in [-0.4, -0.2) is 12.3 Å². The minimum absolute atomic E-state index is 0.190. The van der Waals surface area contributed by atoms with Crippen LogP contribution in [0.2, 0.25) is 0 Å². The second-order valence-electron chi connectivity index (χ2n) is 3.58. The van der Waals surface area contributed by atoms with Gasteiger partial charge in [0, 0.05) is 13.0 Å². The van der Waals surface area contributed by atoms with Crippen molar-refractivity contribution in [3.63, 3.8) is 0 Å². The number of Topliss-reactive ketones (excluding diaryl/α,β-unsaturated/α-hetero) is 1. The summed E-state index contributed by atoms with van der Waals surface area (Å²) in [4.78, 5) is 11.6. The largest absolute Gasteiger partial charge is 0.297 e. The van der Waals surface area contributed by atoms with Gasteiger partial charge >= 0.3 is 0 Å². The van der Waals surface area contributed by atoms with Crippen LogP contribution in [0.4, 0.5) is 0 Å². The zero-order valence-corrected chi connectivity index (χ0v) is 8.36. The van der Waals surface area contributed by atoms with E-state index < -0.39 is 0 Å². The van der Waals surface area contributed by atoms with E-state index in [2.05, 4.69) is 11.4 Å². The Morgan fingerprint density at radius 2 is 2.29 bits per heavy atom. The average molecular weight is 188 g/mol. The maximum absolute atomic E-state index is 11.6. The van der Waals surface area contributed by atoms with Crippen molar-refractivity contribution in [3.8, 4) is 0 Å². The first-order chi connectivity index (χ1) is 6.83. The summed E-state index contributed by atoms with van der Waals surface area (Å²) in [5, 5.41) is 4.39. The normalized spacial score (nSPS) is 20.2. The molecule has 1 atom stereocenters. The third-order valence-electron chi connectivity index (χ3n) is 2.70. The molecule has 0 aromatic heterocycles. The summed E-state index contributed by atoms with van der Waals surface area (Å²) >= 11 is 0. The van der Waals surface area contributed by atoms with Gasteiger partial charge in [0.15, 0.2) is 5.78 Å². The van der Waals surface area contributed by atoms with Crippen LogP contribution in [0.25, 0.3) is 0 Å². The topological polar surface area (TPSA) is 31.2 Å². The number of hydrogen-bond donors (Lipinski definition) is 0. The van der Waals surface area contributed by atoms with Gasteiger partial charge in [-0.1, -0.05) is 31.2 Å². The highest BCUT2D eigenvalue weighted by atomic mass is 16.1. The van der Waals surface area contributed by atoms with Crippen LogP contribution in [0.1, 0.15) is 30.5 Å². The van der Waals surface area contributed by atoms with Crippen molar-refractivity contribution in [2.24, 2.45) is 0 Å². The lowest BCUT2D eigenvalue weighted by Gasteiger charge is -2.23. The number of carbonyl (C=O) groups excluding carboxylic acids is 1. The fourth-order valence-electron chi connectivity index (χ4n) is 1.91. The Bertz CT molecular complexity index is 346. The van der Waals surface area contributed by atoms with Crippen LogP contribution in [-0.2, 0) is 11.2 Å². The monoisotopic (exact) mass is 188 g/mol. The lowest BCUT2D eigenvalue weighted by molar-refractivity contribution is -0.121. The molecular weight excluding hydrogens is 174 g/mol. The summed E-state index contributed by atoms with van der Waals surface area (Å²) in [6.45, 7) is 2.68. The van der Waals surface area contributed by atoms with Gasteiger partial charge in [-0.3, -0.25) is 4.79 Å². The molecule has 0 aliphatic carbocycles. The Labute approximate surface area is 84.3 Å². The van der Waals surface area contributed by atoms with E-state index in [1.54, 1.807) is 0 Å². The van der Waals surface area contributed by atoms with Gasteiger partial charge in [-0.05, 0) is 17.5 Å². The highest BCUT2D eigenvalue weighted by Crippen LogP contribution is 2.25. The minimum Gasteiger partial charge on any atom is -0.297 e. The molecule has 0 N–H and O–H groups in total. The molecule has 2 rings (SSSR count). The predicted molar refractivity (Wildman–Crippen MR) is 55.2 cm³/mol. The minimum atomic E-state index is -0.190. The third kappa shape index (κ3) is 1.58. The fourth-order valence-corrected chi connectivity index (χ4v) is 1.91. The van der Waals surface area contributed by atoms with E-state index in [4.69, 9.17) is 0 Å². The molecule has 14 heavy (non-hydrogen) atoms. The Hall–Kier alpha value is -1.15. The molecule has 0 spiro atoms. The zero-order chi connectivity index (χ0) is 9.97. The van der Waals surface area contributed by atoms with Crippen molar-refractivity contribution in [1.29, 1.82) is 0 Å². The highest BCUT2D eigenvalue weighted by molar-refractivity contribution is 5.85. The zero-order valence-electron chi connectivity index (χ0n) is 8.36. The van der Waals surface area contributed by atoms with Crippen LogP contribution in [0.5, 0.6) is 0 Å². The van der Waals surface area contributed by atoms with Crippen molar-refractivity contribution in [2.75, 3.05) is 6.54 Å². The Kier molecular flexibility index (Phi) is 2.64. The molecule has 0 bridgehead atoms. The molecule has 1 aliphatic rings. The summed E-state index contributed by atoms with van der Waals surface area (Å²) in [6.07, 6.45) is 1.55. The van der Waals surface area contributed by atoms with Crippen LogP contribution in [0.15, 0.2) is 24.3 Å². The van der Waals surface area contributed by atoms with Gasteiger partial charge in [-0.15, -0.1) is 0 Å². The summed E-state index contributed by atoms with van der Waals surface area (Å²) in [6, 6.07) is 7.94. The predicted octanol–water partition coefficient (Wildman–Crippen LogP) is 1.87. The SMILES string of the molecule is CCC(=O)C1[N]CCc2ccccc21. The maximum atomic E-state index is 11.6. The standard InChI is InChI=1S/C12H14NO/c1-2-11(14)12-10-6-4-3-5-9(10)7-8-13-12/h3-6,12H,2,7-8H2,1H3.